The maximum atomic E-state index is 12.8. The van der Waals surface area contributed by atoms with Gasteiger partial charge >= 0.3 is 0 Å². The van der Waals surface area contributed by atoms with Gasteiger partial charge in [0.2, 0.25) is 0 Å². The molecule has 0 bridgehead atoms. The summed E-state index contributed by atoms with van der Waals surface area (Å²) in [4.78, 5) is 0. The Labute approximate surface area is 80.1 Å². The summed E-state index contributed by atoms with van der Waals surface area (Å²) in [5.41, 5.74) is 1.08. The van der Waals surface area contributed by atoms with Gasteiger partial charge < -0.3 is 0 Å². The van der Waals surface area contributed by atoms with E-state index < -0.39 is 8.07 Å². The summed E-state index contributed by atoms with van der Waals surface area (Å²) in [7, 11) is -1.86. The lowest BCUT2D eigenvalue weighted by Crippen LogP contribution is -2.45. The van der Waals surface area contributed by atoms with Gasteiger partial charge in [-0.1, -0.05) is 50.0 Å². The van der Waals surface area contributed by atoms with Crippen molar-refractivity contribution in [3.05, 3.63) is 36.4 Å². The molecule has 1 rings (SSSR count). The highest BCUT2D eigenvalue weighted by molar-refractivity contribution is 6.90. The summed E-state index contributed by atoms with van der Waals surface area (Å²) in [6.07, 6.45) is 1.59. The van der Waals surface area contributed by atoms with E-state index >= 15 is 0 Å². The maximum absolute atomic E-state index is 12.8. The van der Waals surface area contributed by atoms with Crippen molar-refractivity contribution in [3.8, 4) is 0 Å². The van der Waals surface area contributed by atoms with E-state index in [0.717, 1.165) is 10.8 Å². The van der Waals surface area contributed by atoms with E-state index in [0.29, 0.717) is 0 Å². The zero-order valence-corrected chi connectivity index (χ0v) is 9.18. The highest BCUT2D eigenvalue weighted by Gasteiger charge is 2.24. The third-order valence-corrected chi connectivity index (χ3v) is 4.83. The van der Waals surface area contributed by atoms with Gasteiger partial charge in [0.1, 0.15) is 8.07 Å². The van der Waals surface area contributed by atoms with Crippen molar-refractivity contribution in [1.29, 1.82) is 0 Å². The average molecular weight is 194 g/mol. The Balaban J connectivity index is 3.20. The molecule has 0 atom stereocenters. The molecule has 2 heteroatoms. The molecule has 0 N–H and O–H groups in total. The second-order valence-corrected chi connectivity index (χ2v) is 8.38. The van der Waals surface area contributed by atoms with Gasteiger partial charge in [0.25, 0.3) is 0 Å². The van der Waals surface area contributed by atoms with Crippen LogP contribution in [0.4, 0.5) is 4.39 Å². The third kappa shape index (κ3) is 2.07. The van der Waals surface area contributed by atoms with E-state index in [1.807, 2.05) is 37.4 Å². The first-order valence-electron chi connectivity index (χ1n) is 4.40. The van der Waals surface area contributed by atoms with Gasteiger partial charge in [0, 0.05) is 0 Å². The summed E-state index contributed by atoms with van der Waals surface area (Å²) < 4.78 is 12.8. The van der Waals surface area contributed by atoms with Crippen molar-refractivity contribution >= 4 is 19.3 Å². The Hall–Kier alpha value is -0.893. The molecule has 13 heavy (non-hydrogen) atoms. The monoisotopic (exact) mass is 194 g/mol. The summed E-state index contributed by atoms with van der Waals surface area (Å²) in [5.74, 6) is 0. The molecule has 0 aromatic heterocycles. The molecule has 1 aromatic rings. The van der Waals surface area contributed by atoms with Crippen LogP contribution in [0.1, 0.15) is 5.56 Å². The van der Waals surface area contributed by atoms with Crippen molar-refractivity contribution in [2.75, 3.05) is 6.30 Å². The van der Waals surface area contributed by atoms with Crippen LogP contribution in [-0.4, -0.2) is 14.4 Å². The maximum Gasteiger partial charge on any atom is 0.117 e. The van der Waals surface area contributed by atoms with Crippen LogP contribution >= 0.6 is 0 Å². The molecule has 0 aliphatic heterocycles. The number of rotatable bonds is 3. The van der Waals surface area contributed by atoms with Crippen LogP contribution in [0, 0.1) is 0 Å². The molecule has 70 valence electrons. The minimum absolute atomic E-state index is 0.210. The fourth-order valence-electron chi connectivity index (χ4n) is 1.36. The molecule has 0 saturated carbocycles. The SMILES string of the molecule is C=Cc1ccccc1[Si](C)(C)CF. The van der Waals surface area contributed by atoms with Crippen LogP contribution < -0.4 is 5.19 Å². The number of hydrogen-bond acceptors (Lipinski definition) is 0. The van der Waals surface area contributed by atoms with Crippen LogP contribution in [0.3, 0.4) is 0 Å². The van der Waals surface area contributed by atoms with Gasteiger partial charge in [0.05, 0.1) is 6.30 Å². The highest BCUT2D eigenvalue weighted by Crippen LogP contribution is 2.09. The first-order valence-corrected chi connectivity index (χ1v) is 7.60. The minimum atomic E-state index is -1.86. The lowest BCUT2D eigenvalue weighted by atomic mass is 10.2. The average Bonchev–Trinajstić information content (AvgIpc) is 2.18. The number of hydrogen-bond donors (Lipinski definition) is 0. The van der Waals surface area contributed by atoms with Crippen LogP contribution in [0.15, 0.2) is 30.8 Å². The van der Waals surface area contributed by atoms with Crippen LogP contribution in [-0.2, 0) is 0 Å². The third-order valence-electron chi connectivity index (χ3n) is 2.24. The van der Waals surface area contributed by atoms with E-state index in [1.54, 1.807) is 6.08 Å². The Morgan fingerprint density at radius 3 is 2.54 bits per heavy atom. The first kappa shape index (κ1) is 10.2. The van der Waals surface area contributed by atoms with E-state index in [4.69, 9.17) is 0 Å². The fraction of sp³-hybridized carbons (Fsp3) is 0.273. The smallest absolute Gasteiger partial charge is 0.117 e. The van der Waals surface area contributed by atoms with Gasteiger partial charge in [-0.2, -0.15) is 0 Å². The van der Waals surface area contributed by atoms with Crippen molar-refractivity contribution in [1.82, 2.24) is 0 Å². The topological polar surface area (TPSA) is 0 Å². The van der Waals surface area contributed by atoms with Gasteiger partial charge in [-0.25, -0.2) is 0 Å². The molecule has 0 amide bonds. The summed E-state index contributed by atoms with van der Waals surface area (Å²) in [5, 5.41) is 1.16. The van der Waals surface area contributed by atoms with Crippen molar-refractivity contribution in [2.45, 2.75) is 13.1 Å². The molecular weight excluding hydrogens is 179 g/mol. The highest BCUT2D eigenvalue weighted by atomic mass is 28.3. The van der Waals surface area contributed by atoms with Gasteiger partial charge in [-0.15, -0.1) is 0 Å². The predicted octanol–water partition coefficient (Wildman–Crippen LogP) is 2.75. The second kappa shape index (κ2) is 3.88. The Morgan fingerprint density at radius 2 is 2.00 bits per heavy atom. The van der Waals surface area contributed by atoms with Gasteiger partial charge in [-0.05, 0) is 10.8 Å². The first-order chi connectivity index (χ1) is 6.11. The predicted molar refractivity (Wildman–Crippen MR) is 59.6 cm³/mol. The summed E-state index contributed by atoms with van der Waals surface area (Å²) in [6.45, 7) is 7.81. The molecule has 0 aliphatic carbocycles. The van der Waals surface area contributed by atoms with Crippen LogP contribution in [0.5, 0.6) is 0 Å². The number of alkyl halides is 1. The molecule has 0 aliphatic rings. The Kier molecular flexibility index (Phi) is 3.04. The van der Waals surface area contributed by atoms with Gasteiger partial charge in [-0.3, -0.25) is 4.39 Å². The van der Waals surface area contributed by atoms with Gasteiger partial charge in [0.15, 0.2) is 0 Å². The molecule has 0 unspecified atom stereocenters. The van der Waals surface area contributed by atoms with Crippen molar-refractivity contribution < 1.29 is 4.39 Å². The van der Waals surface area contributed by atoms with E-state index in [1.165, 1.54) is 0 Å². The Bertz CT molecular complexity index is 305. The quantitative estimate of drug-likeness (QED) is 0.649. The van der Waals surface area contributed by atoms with E-state index in [2.05, 4.69) is 6.58 Å². The molecule has 0 saturated heterocycles. The molecule has 0 heterocycles. The zero-order chi connectivity index (χ0) is 9.90. The normalized spacial score (nSPS) is 11.3. The molecular formula is C11H15FSi. The Morgan fingerprint density at radius 1 is 1.38 bits per heavy atom. The van der Waals surface area contributed by atoms with Crippen LogP contribution in [0.2, 0.25) is 13.1 Å². The summed E-state index contributed by atoms with van der Waals surface area (Å²) in [6, 6.07) is 7.94. The van der Waals surface area contributed by atoms with Crippen LogP contribution in [0.25, 0.3) is 6.08 Å². The molecule has 0 spiro atoms. The summed E-state index contributed by atoms with van der Waals surface area (Å²) >= 11 is 0. The fourth-order valence-corrected chi connectivity index (χ4v) is 3.02. The lowest BCUT2D eigenvalue weighted by molar-refractivity contribution is 0.585. The molecule has 0 radical (unpaired) electrons. The minimum Gasteiger partial charge on any atom is -0.254 e. The number of benzene rings is 1. The largest absolute Gasteiger partial charge is 0.254 e. The van der Waals surface area contributed by atoms with Crippen molar-refractivity contribution in [2.24, 2.45) is 0 Å². The molecule has 0 nitrogen and oxygen atoms in total. The van der Waals surface area contributed by atoms with E-state index in [-0.39, 0.29) is 6.30 Å². The molecule has 1 aromatic carbocycles. The molecule has 0 fully saturated rings. The standard InChI is InChI=1S/C11H15FSi/c1-4-10-7-5-6-8-11(10)13(2,3)9-12/h4-8H,1,9H2,2-3H3. The lowest BCUT2D eigenvalue weighted by Gasteiger charge is -2.20. The zero-order valence-electron chi connectivity index (χ0n) is 8.18. The van der Waals surface area contributed by atoms with E-state index in [9.17, 15) is 4.39 Å². The second-order valence-electron chi connectivity index (χ2n) is 3.81. The number of halogens is 1. The van der Waals surface area contributed by atoms with Crippen molar-refractivity contribution in [3.63, 3.8) is 0 Å².